The maximum absolute atomic E-state index is 14.2. The highest BCUT2D eigenvalue weighted by Crippen LogP contribution is 2.44. The summed E-state index contributed by atoms with van der Waals surface area (Å²) >= 11 is 0. The number of hydrogen-bond donors (Lipinski definition) is 3. The average molecular weight is 526 g/mol. The lowest BCUT2D eigenvalue weighted by Crippen LogP contribution is -2.02. The van der Waals surface area contributed by atoms with Crippen LogP contribution in [0, 0.1) is 5.82 Å². The molecule has 0 bridgehead atoms. The average Bonchev–Trinajstić information content (AvgIpc) is 3.18. The van der Waals surface area contributed by atoms with Gasteiger partial charge in [-0.05, 0) is 65.6 Å². The molecule has 4 aromatic carbocycles. The SMILES string of the molecule is CC(C)c1ccc(-n2c(O)c(N=Nc3cccc(-c4cccc(OC(=O)O)c4)c3O)c3cc(F)ccc32)cc1. The first-order valence-corrected chi connectivity index (χ1v) is 12.1. The number of para-hydroxylation sites is 1. The third kappa shape index (κ3) is 5.02. The van der Waals surface area contributed by atoms with E-state index >= 15 is 0 Å². The Labute approximate surface area is 222 Å². The molecule has 0 fully saturated rings. The lowest BCUT2D eigenvalue weighted by molar-refractivity contribution is 0.144. The number of carbonyl (C=O) groups is 1. The van der Waals surface area contributed by atoms with Gasteiger partial charge in [0.2, 0.25) is 5.88 Å². The number of phenolic OH excluding ortho intramolecular Hbond substituents is 1. The monoisotopic (exact) mass is 525 g/mol. The number of rotatable bonds is 6. The second-order valence-electron chi connectivity index (χ2n) is 9.18. The highest BCUT2D eigenvalue weighted by Gasteiger charge is 2.19. The number of ether oxygens (including phenoxy) is 1. The van der Waals surface area contributed by atoms with Gasteiger partial charge in [0.25, 0.3) is 0 Å². The molecule has 0 saturated heterocycles. The van der Waals surface area contributed by atoms with Crippen LogP contribution in [0.15, 0.2) is 95.2 Å². The fourth-order valence-corrected chi connectivity index (χ4v) is 4.38. The Morgan fingerprint density at radius 3 is 2.38 bits per heavy atom. The van der Waals surface area contributed by atoms with Crippen molar-refractivity contribution < 1.29 is 29.2 Å². The summed E-state index contributed by atoms with van der Waals surface area (Å²) < 4.78 is 20.5. The Kier molecular flexibility index (Phi) is 6.72. The number of aromatic hydroxyl groups is 2. The van der Waals surface area contributed by atoms with E-state index in [-0.39, 0.29) is 28.8 Å². The zero-order valence-corrected chi connectivity index (χ0v) is 21.0. The van der Waals surface area contributed by atoms with Crippen LogP contribution in [0.25, 0.3) is 27.7 Å². The van der Waals surface area contributed by atoms with Crippen LogP contribution in [0.5, 0.6) is 17.4 Å². The summed E-state index contributed by atoms with van der Waals surface area (Å²) in [4.78, 5) is 10.9. The molecule has 0 atom stereocenters. The number of nitrogens with zero attached hydrogens (tertiary/aromatic N) is 3. The molecule has 8 nitrogen and oxygen atoms in total. The van der Waals surface area contributed by atoms with Gasteiger partial charge in [0, 0.05) is 16.6 Å². The Hall–Kier alpha value is -5.18. The molecule has 0 spiro atoms. The van der Waals surface area contributed by atoms with Crippen LogP contribution in [0.3, 0.4) is 0 Å². The smallest absolute Gasteiger partial charge is 0.505 e. The molecular weight excluding hydrogens is 501 g/mol. The zero-order valence-electron chi connectivity index (χ0n) is 21.0. The molecule has 0 aliphatic heterocycles. The highest BCUT2D eigenvalue weighted by atomic mass is 19.1. The first-order valence-electron chi connectivity index (χ1n) is 12.1. The fourth-order valence-electron chi connectivity index (χ4n) is 4.38. The molecule has 0 radical (unpaired) electrons. The molecule has 3 N–H and O–H groups in total. The minimum atomic E-state index is -1.45. The number of fused-ring (bicyclic) bond motifs is 1. The molecule has 0 amide bonds. The van der Waals surface area contributed by atoms with Gasteiger partial charge in [-0.25, -0.2) is 9.18 Å². The lowest BCUT2D eigenvalue weighted by Gasteiger charge is -2.10. The van der Waals surface area contributed by atoms with Crippen LogP contribution in [-0.4, -0.2) is 26.0 Å². The summed E-state index contributed by atoms with van der Waals surface area (Å²) in [6.07, 6.45) is -1.45. The molecule has 1 aromatic heterocycles. The van der Waals surface area contributed by atoms with Crippen molar-refractivity contribution in [1.29, 1.82) is 0 Å². The van der Waals surface area contributed by atoms with E-state index in [0.29, 0.717) is 33.6 Å². The predicted octanol–water partition coefficient (Wildman–Crippen LogP) is 8.44. The van der Waals surface area contributed by atoms with Crippen molar-refractivity contribution in [3.63, 3.8) is 0 Å². The van der Waals surface area contributed by atoms with Gasteiger partial charge in [0.1, 0.15) is 17.3 Å². The molecule has 1 heterocycles. The van der Waals surface area contributed by atoms with Crippen molar-refractivity contribution in [2.24, 2.45) is 10.2 Å². The third-order valence-corrected chi connectivity index (χ3v) is 6.32. The Bertz CT molecular complexity index is 1730. The molecule has 5 rings (SSSR count). The number of carboxylic acid groups (broad SMARTS) is 1. The van der Waals surface area contributed by atoms with Gasteiger partial charge in [-0.1, -0.05) is 50.2 Å². The van der Waals surface area contributed by atoms with Gasteiger partial charge < -0.3 is 20.1 Å². The molecule has 0 aliphatic rings. The first-order chi connectivity index (χ1) is 18.7. The second-order valence-corrected chi connectivity index (χ2v) is 9.18. The zero-order chi connectivity index (χ0) is 27.7. The predicted molar refractivity (Wildman–Crippen MR) is 145 cm³/mol. The van der Waals surface area contributed by atoms with E-state index in [4.69, 9.17) is 9.84 Å². The standard InChI is InChI=1S/C30H24FN3O5/c1-17(2)18-9-12-21(13-10-18)34-26-14-11-20(31)16-24(26)27(29(34)36)33-32-25-8-4-7-23(28(25)35)19-5-3-6-22(15-19)39-30(37)38/h3-17,35-36H,1-2H3,(H,37,38). The van der Waals surface area contributed by atoms with Crippen molar-refractivity contribution in [2.45, 2.75) is 19.8 Å². The van der Waals surface area contributed by atoms with E-state index in [2.05, 4.69) is 24.1 Å². The molecule has 0 aliphatic carbocycles. The maximum atomic E-state index is 14.2. The third-order valence-electron chi connectivity index (χ3n) is 6.32. The number of azo groups is 1. The Morgan fingerprint density at radius 2 is 1.67 bits per heavy atom. The molecular formula is C30H24FN3O5. The molecule has 0 unspecified atom stereocenters. The normalized spacial score (nSPS) is 11.5. The molecule has 0 saturated carbocycles. The number of hydrogen-bond acceptors (Lipinski definition) is 6. The first kappa shape index (κ1) is 25.5. The fraction of sp³-hybridized carbons (Fsp3) is 0.100. The topological polar surface area (TPSA) is 117 Å². The van der Waals surface area contributed by atoms with Crippen molar-refractivity contribution in [3.8, 4) is 34.2 Å². The van der Waals surface area contributed by atoms with Crippen LogP contribution in [0.1, 0.15) is 25.3 Å². The highest BCUT2D eigenvalue weighted by molar-refractivity contribution is 5.96. The summed E-state index contributed by atoms with van der Waals surface area (Å²) in [7, 11) is 0. The van der Waals surface area contributed by atoms with Gasteiger partial charge in [0.05, 0.1) is 5.52 Å². The number of benzene rings is 4. The van der Waals surface area contributed by atoms with Crippen LogP contribution in [0.4, 0.5) is 20.6 Å². The molecule has 39 heavy (non-hydrogen) atoms. The van der Waals surface area contributed by atoms with E-state index in [9.17, 15) is 19.4 Å². The lowest BCUT2D eigenvalue weighted by atomic mass is 10.0. The van der Waals surface area contributed by atoms with Gasteiger partial charge in [0.15, 0.2) is 11.4 Å². The number of halogens is 1. The maximum Gasteiger partial charge on any atom is 0.511 e. The van der Waals surface area contributed by atoms with E-state index in [1.165, 1.54) is 30.3 Å². The minimum Gasteiger partial charge on any atom is -0.505 e. The molecule has 5 aromatic rings. The second kappa shape index (κ2) is 10.3. The van der Waals surface area contributed by atoms with Crippen molar-refractivity contribution in [3.05, 3.63) is 96.3 Å². The summed E-state index contributed by atoms with van der Waals surface area (Å²) in [5.41, 5.74) is 3.33. The number of aromatic nitrogens is 1. The van der Waals surface area contributed by atoms with Gasteiger partial charge in [-0.15, -0.1) is 10.2 Å². The summed E-state index contributed by atoms with van der Waals surface area (Å²) in [5, 5.41) is 39.7. The van der Waals surface area contributed by atoms with Crippen LogP contribution < -0.4 is 4.74 Å². The largest absolute Gasteiger partial charge is 0.511 e. The molecule has 9 heteroatoms. The van der Waals surface area contributed by atoms with Crippen LogP contribution >= 0.6 is 0 Å². The van der Waals surface area contributed by atoms with E-state index in [0.717, 1.165) is 5.56 Å². The van der Waals surface area contributed by atoms with Gasteiger partial charge in [-0.3, -0.25) is 4.57 Å². The Balaban J connectivity index is 1.57. The summed E-state index contributed by atoms with van der Waals surface area (Å²) in [6, 6.07) is 22.8. The number of phenols is 1. The quantitative estimate of drug-likeness (QED) is 0.117. The van der Waals surface area contributed by atoms with Gasteiger partial charge >= 0.3 is 6.16 Å². The van der Waals surface area contributed by atoms with Crippen LogP contribution in [0.2, 0.25) is 0 Å². The van der Waals surface area contributed by atoms with E-state index in [1.54, 1.807) is 34.9 Å². The minimum absolute atomic E-state index is 0.0408. The summed E-state index contributed by atoms with van der Waals surface area (Å²) in [6.45, 7) is 4.17. The van der Waals surface area contributed by atoms with Crippen molar-refractivity contribution in [2.75, 3.05) is 0 Å². The van der Waals surface area contributed by atoms with Crippen molar-refractivity contribution in [1.82, 2.24) is 4.57 Å². The summed E-state index contributed by atoms with van der Waals surface area (Å²) in [5.74, 6) is -0.520. The van der Waals surface area contributed by atoms with Crippen molar-refractivity contribution >= 4 is 28.4 Å². The van der Waals surface area contributed by atoms with Gasteiger partial charge in [-0.2, -0.15) is 0 Å². The van der Waals surface area contributed by atoms with E-state index in [1.807, 2.05) is 24.3 Å². The van der Waals surface area contributed by atoms with E-state index < -0.39 is 12.0 Å². The Morgan fingerprint density at radius 1 is 0.923 bits per heavy atom. The van der Waals surface area contributed by atoms with Crippen LogP contribution in [-0.2, 0) is 0 Å². The molecule has 196 valence electrons.